The molecule has 21 heavy (non-hydrogen) atoms. The van der Waals surface area contributed by atoms with E-state index in [1.165, 1.54) is 23.1 Å². The molecule has 0 unspecified atom stereocenters. The maximum absolute atomic E-state index is 12.4. The summed E-state index contributed by atoms with van der Waals surface area (Å²) in [6, 6.07) is 2.14. The van der Waals surface area contributed by atoms with Crippen molar-refractivity contribution in [2.24, 2.45) is 4.99 Å². The molecule has 4 nitrogen and oxygen atoms in total. The summed E-state index contributed by atoms with van der Waals surface area (Å²) < 4.78 is 2.26. The molecule has 2 heterocycles. The Balaban J connectivity index is 2.38. The number of carbonyl (C=O) groups is 1. The van der Waals surface area contributed by atoms with Gasteiger partial charge in [0.2, 0.25) is 0 Å². The minimum atomic E-state index is 0.0657. The zero-order valence-corrected chi connectivity index (χ0v) is 14.3. The topological polar surface area (TPSA) is 37.6 Å². The number of amidine groups is 1. The number of carbonyl (C=O) groups excluding carboxylic acids is 1. The second-order valence-corrected chi connectivity index (χ2v) is 6.00. The first-order valence-corrected chi connectivity index (χ1v) is 8.27. The molecular formula is C16H23N3OS. The first kappa shape index (κ1) is 15.9. The molecule has 0 bridgehead atoms. The van der Waals surface area contributed by atoms with Gasteiger partial charge in [0.05, 0.1) is 4.91 Å². The molecular weight excluding hydrogens is 282 g/mol. The second-order valence-electron chi connectivity index (χ2n) is 4.99. The van der Waals surface area contributed by atoms with Gasteiger partial charge in [0.15, 0.2) is 5.17 Å². The highest BCUT2D eigenvalue weighted by Crippen LogP contribution is 2.33. The molecule has 114 valence electrons. The zero-order chi connectivity index (χ0) is 15.6. The van der Waals surface area contributed by atoms with E-state index in [1.807, 2.05) is 19.9 Å². The standard InChI is InChI=1S/C16H23N3OS/c1-6-17-16-19(8-3)15(20)14(21-16)10-13-9-11(4)18(7-2)12(13)5/h9-10H,6-8H2,1-5H3/b14-10-,17-16?. The number of thioether (sulfide) groups is 1. The first-order chi connectivity index (χ1) is 10.0. The highest BCUT2D eigenvalue weighted by molar-refractivity contribution is 8.18. The lowest BCUT2D eigenvalue weighted by Crippen LogP contribution is -2.28. The van der Waals surface area contributed by atoms with Gasteiger partial charge in [0.1, 0.15) is 0 Å². The molecule has 0 saturated carbocycles. The summed E-state index contributed by atoms with van der Waals surface area (Å²) in [6.07, 6.45) is 2.00. The molecule has 1 amide bonds. The third-order valence-corrected chi connectivity index (χ3v) is 4.76. The monoisotopic (exact) mass is 305 g/mol. The van der Waals surface area contributed by atoms with Gasteiger partial charge in [-0.3, -0.25) is 14.7 Å². The molecule has 0 atom stereocenters. The van der Waals surface area contributed by atoms with E-state index in [9.17, 15) is 4.79 Å². The molecule has 0 N–H and O–H groups in total. The van der Waals surface area contributed by atoms with Crippen molar-refractivity contribution in [2.75, 3.05) is 13.1 Å². The van der Waals surface area contributed by atoms with Gasteiger partial charge in [-0.25, -0.2) is 0 Å². The van der Waals surface area contributed by atoms with Crippen LogP contribution in [0.1, 0.15) is 37.7 Å². The van der Waals surface area contributed by atoms with Crippen LogP contribution < -0.4 is 0 Å². The van der Waals surface area contributed by atoms with Gasteiger partial charge in [-0.2, -0.15) is 0 Å². The fourth-order valence-corrected chi connectivity index (χ4v) is 3.74. The largest absolute Gasteiger partial charge is 0.349 e. The molecule has 1 saturated heterocycles. The highest BCUT2D eigenvalue weighted by Gasteiger charge is 2.32. The van der Waals surface area contributed by atoms with Crippen LogP contribution in [0, 0.1) is 13.8 Å². The Morgan fingerprint density at radius 3 is 2.48 bits per heavy atom. The molecule has 1 aromatic heterocycles. The van der Waals surface area contributed by atoms with Gasteiger partial charge in [0, 0.05) is 31.0 Å². The lowest BCUT2D eigenvalue weighted by atomic mass is 10.2. The number of likely N-dealkylation sites (N-methyl/N-ethyl adjacent to an activating group) is 1. The second kappa shape index (κ2) is 6.52. The number of amides is 1. The fourth-order valence-electron chi connectivity index (χ4n) is 2.64. The normalized spacial score (nSPS) is 19.3. The van der Waals surface area contributed by atoms with Crippen molar-refractivity contribution in [2.45, 2.75) is 41.2 Å². The van der Waals surface area contributed by atoms with Gasteiger partial charge in [-0.1, -0.05) is 0 Å². The molecule has 2 rings (SSSR count). The average Bonchev–Trinajstić information content (AvgIpc) is 2.89. The summed E-state index contributed by atoms with van der Waals surface area (Å²) in [6.45, 7) is 12.6. The third kappa shape index (κ3) is 2.93. The van der Waals surface area contributed by atoms with Crippen LogP contribution in [-0.2, 0) is 11.3 Å². The Morgan fingerprint density at radius 1 is 1.24 bits per heavy atom. The summed E-state index contributed by atoms with van der Waals surface area (Å²) in [5.74, 6) is 0.0657. The van der Waals surface area contributed by atoms with E-state index in [0.717, 1.165) is 22.2 Å². The maximum atomic E-state index is 12.4. The Kier molecular flexibility index (Phi) is 4.93. The summed E-state index contributed by atoms with van der Waals surface area (Å²) in [5.41, 5.74) is 3.56. The van der Waals surface area contributed by atoms with Crippen molar-refractivity contribution in [3.63, 3.8) is 0 Å². The smallest absolute Gasteiger partial charge is 0.266 e. The van der Waals surface area contributed by atoms with Crippen LogP contribution in [0.3, 0.4) is 0 Å². The maximum Gasteiger partial charge on any atom is 0.266 e. The van der Waals surface area contributed by atoms with Crippen LogP contribution in [0.15, 0.2) is 16.0 Å². The molecule has 1 fully saturated rings. The van der Waals surface area contributed by atoms with Crippen molar-refractivity contribution in [1.29, 1.82) is 0 Å². The summed E-state index contributed by atoms with van der Waals surface area (Å²) >= 11 is 1.48. The Bertz CT molecular complexity index is 613. The van der Waals surface area contributed by atoms with Gasteiger partial charge in [-0.15, -0.1) is 0 Å². The zero-order valence-electron chi connectivity index (χ0n) is 13.4. The van der Waals surface area contributed by atoms with Crippen LogP contribution in [0.25, 0.3) is 6.08 Å². The van der Waals surface area contributed by atoms with Crippen LogP contribution in [0.4, 0.5) is 0 Å². The van der Waals surface area contributed by atoms with Crippen LogP contribution in [0.5, 0.6) is 0 Å². The number of hydrogen-bond donors (Lipinski definition) is 0. The SMILES string of the molecule is CCN=C1S/C(=C\c2cc(C)n(CC)c2C)C(=O)N1CC. The van der Waals surface area contributed by atoms with E-state index in [2.05, 4.69) is 36.4 Å². The first-order valence-electron chi connectivity index (χ1n) is 7.46. The Morgan fingerprint density at radius 2 is 1.95 bits per heavy atom. The van der Waals surface area contributed by atoms with Gasteiger partial charge >= 0.3 is 0 Å². The van der Waals surface area contributed by atoms with Crippen molar-refractivity contribution in [3.8, 4) is 0 Å². The molecule has 1 aromatic rings. The number of aliphatic imine (C=N–C) groups is 1. The minimum absolute atomic E-state index is 0.0657. The molecule has 0 aromatic carbocycles. The molecule has 0 radical (unpaired) electrons. The van der Waals surface area contributed by atoms with E-state index >= 15 is 0 Å². The van der Waals surface area contributed by atoms with E-state index in [4.69, 9.17) is 0 Å². The quantitative estimate of drug-likeness (QED) is 0.799. The number of aryl methyl sites for hydroxylation is 1. The van der Waals surface area contributed by atoms with Gasteiger partial charge in [-0.05, 0) is 64.1 Å². The predicted octanol–water partition coefficient (Wildman–Crippen LogP) is 3.44. The summed E-state index contributed by atoms with van der Waals surface area (Å²) in [5, 5.41) is 0.820. The Hall–Kier alpha value is -1.49. The van der Waals surface area contributed by atoms with Gasteiger partial charge in [0.25, 0.3) is 5.91 Å². The van der Waals surface area contributed by atoms with Crippen molar-refractivity contribution >= 4 is 28.9 Å². The minimum Gasteiger partial charge on any atom is -0.349 e. The predicted molar refractivity (Wildman–Crippen MR) is 90.5 cm³/mol. The number of nitrogens with zero attached hydrogens (tertiary/aromatic N) is 3. The van der Waals surface area contributed by atoms with E-state index in [1.54, 1.807) is 4.90 Å². The fraction of sp³-hybridized carbons (Fsp3) is 0.500. The summed E-state index contributed by atoms with van der Waals surface area (Å²) in [4.78, 5) is 19.4. The molecule has 0 aliphatic carbocycles. The molecule has 1 aliphatic heterocycles. The van der Waals surface area contributed by atoms with Crippen LogP contribution >= 0.6 is 11.8 Å². The van der Waals surface area contributed by atoms with Crippen molar-refractivity contribution in [1.82, 2.24) is 9.47 Å². The molecule has 5 heteroatoms. The number of hydrogen-bond acceptors (Lipinski definition) is 3. The average molecular weight is 305 g/mol. The van der Waals surface area contributed by atoms with Crippen LogP contribution in [-0.4, -0.2) is 33.6 Å². The lowest BCUT2D eigenvalue weighted by Gasteiger charge is -2.11. The van der Waals surface area contributed by atoms with Crippen LogP contribution in [0.2, 0.25) is 0 Å². The van der Waals surface area contributed by atoms with Crippen molar-refractivity contribution < 1.29 is 4.79 Å². The van der Waals surface area contributed by atoms with E-state index < -0.39 is 0 Å². The number of aromatic nitrogens is 1. The summed E-state index contributed by atoms with van der Waals surface area (Å²) in [7, 11) is 0. The third-order valence-electron chi connectivity index (χ3n) is 3.71. The number of rotatable bonds is 4. The molecule has 0 spiro atoms. The van der Waals surface area contributed by atoms with Crippen molar-refractivity contribution in [3.05, 3.63) is 27.9 Å². The van der Waals surface area contributed by atoms with E-state index in [-0.39, 0.29) is 5.91 Å². The van der Waals surface area contributed by atoms with E-state index in [0.29, 0.717) is 13.1 Å². The van der Waals surface area contributed by atoms with Gasteiger partial charge < -0.3 is 4.57 Å². The highest BCUT2D eigenvalue weighted by atomic mass is 32.2. The molecule has 1 aliphatic rings. The lowest BCUT2D eigenvalue weighted by molar-refractivity contribution is -0.122. The Labute approximate surface area is 130 Å².